The fourth-order valence-electron chi connectivity index (χ4n) is 4.26. The summed E-state index contributed by atoms with van der Waals surface area (Å²) in [4.78, 5) is 31.6. The van der Waals surface area contributed by atoms with Crippen LogP contribution in [0.5, 0.6) is 0 Å². The summed E-state index contributed by atoms with van der Waals surface area (Å²) >= 11 is 0. The van der Waals surface area contributed by atoms with E-state index in [-0.39, 0.29) is 18.1 Å². The smallest absolute Gasteiger partial charge is 0.283 e. The van der Waals surface area contributed by atoms with Crippen molar-refractivity contribution >= 4 is 11.7 Å². The molecule has 1 aromatic carbocycles. The van der Waals surface area contributed by atoms with Crippen LogP contribution in [0.1, 0.15) is 32.8 Å². The number of fused-ring (bicyclic) bond motifs is 1. The van der Waals surface area contributed by atoms with Gasteiger partial charge in [-0.3, -0.25) is 9.59 Å². The number of rotatable bonds is 2. The molecule has 0 saturated heterocycles. The van der Waals surface area contributed by atoms with Crippen LogP contribution >= 0.6 is 0 Å². The van der Waals surface area contributed by atoms with Crippen molar-refractivity contribution in [3.8, 4) is 0 Å². The molecular formula is C20H22N2O2. The SMILES string of the molecule is [C-]#[N+]C1CC2(c3ccccc3)C(=O)N(CC)CC=C2C(C)(C)C1=O. The molecule has 4 heteroatoms. The number of carbonyl (C=O) groups is 2. The highest BCUT2D eigenvalue weighted by molar-refractivity contribution is 6.03. The summed E-state index contributed by atoms with van der Waals surface area (Å²) in [6.07, 6.45) is 2.28. The predicted octanol–water partition coefficient (Wildman–Crippen LogP) is 3.00. The third kappa shape index (κ3) is 2.04. The molecule has 1 heterocycles. The van der Waals surface area contributed by atoms with E-state index >= 15 is 0 Å². The van der Waals surface area contributed by atoms with Gasteiger partial charge in [-0.15, -0.1) is 0 Å². The highest BCUT2D eigenvalue weighted by atomic mass is 16.2. The largest absolute Gasteiger partial charge is 0.338 e. The fourth-order valence-corrected chi connectivity index (χ4v) is 4.26. The summed E-state index contributed by atoms with van der Waals surface area (Å²) in [5.74, 6) is -0.0593. The van der Waals surface area contributed by atoms with Gasteiger partial charge in [-0.05, 0) is 31.9 Å². The molecule has 2 unspecified atom stereocenters. The van der Waals surface area contributed by atoms with Gasteiger partial charge >= 0.3 is 0 Å². The number of ketones is 1. The van der Waals surface area contributed by atoms with Gasteiger partial charge in [-0.25, -0.2) is 6.57 Å². The van der Waals surface area contributed by atoms with Gasteiger partial charge in [0.05, 0.1) is 11.8 Å². The Balaban J connectivity index is 2.30. The molecule has 1 aliphatic heterocycles. The lowest BCUT2D eigenvalue weighted by atomic mass is 9.53. The van der Waals surface area contributed by atoms with Gasteiger partial charge in [-0.2, -0.15) is 0 Å². The molecule has 1 fully saturated rings. The van der Waals surface area contributed by atoms with Crippen LogP contribution < -0.4 is 0 Å². The zero-order valence-corrected chi connectivity index (χ0v) is 14.4. The van der Waals surface area contributed by atoms with E-state index < -0.39 is 16.9 Å². The number of amides is 1. The van der Waals surface area contributed by atoms with Gasteiger partial charge in [0.1, 0.15) is 5.41 Å². The number of nitrogens with zero attached hydrogens (tertiary/aromatic N) is 2. The molecule has 3 rings (SSSR count). The molecule has 1 saturated carbocycles. The van der Waals surface area contributed by atoms with Gasteiger partial charge in [0, 0.05) is 13.1 Å². The summed E-state index contributed by atoms with van der Waals surface area (Å²) in [6, 6.07) is 8.85. The van der Waals surface area contributed by atoms with Crippen molar-refractivity contribution in [2.24, 2.45) is 5.41 Å². The molecule has 4 nitrogen and oxygen atoms in total. The van der Waals surface area contributed by atoms with Crippen LogP contribution in [0, 0.1) is 12.0 Å². The van der Waals surface area contributed by atoms with E-state index in [1.165, 1.54) is 0 Å². The number of benzene rings is 1. The Hall–Kier alpha value is -2.41. The predicted molar refractivity (Wildman–Crippen MR) is 92.3 cm³/mol. The van der Waals surface area contributed by atoms with Crippen molar-refractivity contribution in [2.75, 3.05) is 13.1 Å². The summed E-state index contributed by atoms with van der Waals surface area (Å²) in [5, 5.41) is 0. The van der Waals surface area contributed by atoms with Crippen molar-refractivity contribution in [2.45, 2.75) is 38.6 Å². The van der Waals surface area contributed by atoms with E-state index in [9.17, 15) is 9.59 Å². The second kappa shape index (κ2) is 5.59. The third-order valence-corrected chi connectivity index (χ3v) is 5.52. The van der Waals surface area contributed by atoms with Crippen LogP contribution in [0.15, 0.2) is 42.0 Å². The second-order valence-electron chi connectivity index (χ2n) is 7.07. The van der Waals surface area contributed by atoms with E-state index in [0.29, 0.717) is 13.1 Å². The van der Waals surface area contributed by atoms with Crippen molar-refractivity contribution < 1.29 is 9.59 Å². The maximum atomic E-state index is 13.4. The Kier molecular flexibility index (Phi) is 3.83. The first kappa shape index (κ1) is 16.4. The van der Waals surface area contributed by atoms with E-state index in [0.717, 1.165) is 11.1 Å². The normalized spacial score (nSPS) is 28.8. The molecule has 1 aromatic rings. The Morgan fingerprint density at radius 1 is 1.25 bits per heavy atom. The summed E-state index contributed by atoms with van der Waals surface area (Å²) in [6.45, 7) is 14.3. The van der Waals surface area contributed by atoms with E-state index in [1.54, 1.807) is 0 Å². The minimum absolute atomic E-state index is 0.0166. The minimum Gasteiger partial charge on any atom is -0.338 e. The monoisotopic (exact) mass is 322 g/mol. The average molecular weight is 322 g/mol. The second-order valence-corrected chi connectivity index (χ2v) is 7.07. The van der Waals surface area contributed by atoms with Crippen LogP contribution in [0.4, 0.5) is 0 Å². The van der Waals surface area contributed by atoms with Crippen LogP contribution in [-0.2, 0) is 15.0 Å². The summed E-state index contributed by atoms with van der Waals surface area (Å²) in [5.41, 5.74) is 0.0374. The van der Waals surface area contributed by atoms with Crippen molar-refractivity contribution in [3.63, 3.8) is 0 Å². The Bertz CT molecular complexity index is 758. The fraction of sp³-hybridized carbons (Fsp3) is 0.450. The Morgan fingerprint density at radius 3 is 2.50 bits per heavy atom. The summed E-state index contributed by atoms with van der Waals surface area (Å²) < 4.78 is 0. The number of hydrogen-bond donors (Lipinski definition) is 0. The third-order valence-electron chi connectivity index (χ3n) is 5.52. The zero-order chi connectivity index (χ0) is 17.5. The van der Waals surface area contributed by atoms with Crippen molar-refractivity contribution in [1.82, 2.24) is 4.90 Å². The Morgan fingerprint density at radius 2 is 1.92 bits per heavy atom. The molecule has 0 spiro atoms. The first-order valence-electron chi connectivity index (χ1n) is 8.36. The van der Waals surface area contributed by atoms with Crippen LogP contribution in [0.2, 0.25) is 0 Å². The number of carbonyl (C=O) groups excluding carboxylic acids is 2. The van der Waals surface area contributed by atoms with Crippen molar-refractivity contribution in [3.05, 3.63) is 59.0 Å². The molecule has 0 bridgehead atoms. The molecule has 0 radical (unpaired) electrons. The molecule has 124 valence electrons. The van der Waals surface area contributed by atoms with Crippen LogP contribution in [0.3, 0.4) is 0 Å². The molecule has 0 aromatic heterocycles. The van der Waals surface area contributed by atoms with Gasteiger partial charge < -0.3 is 9.74 Å². The Labute approximate surface area is 143 Å². The van der Waals surface area contributed by atoms with E-state index in [4.69, 9.17) is 6.57 Å². The van der Waals surface area contributed by atoms with Gasteiger partial charge in [-0.1, -0.05) is 36.4 Å². The average Bonchev–Trinajstić information content (AvgIpc) is 2.60. The molecule has 1 aliphatic carbocycles. The number of hydrogen-bond acceptors (Lipinski definition) is 2. The van der Waals surface area contributed by atoms with E-state index in [2.05, 4.69) is 4.85 Å². The lowest BCUT2D eigenvalue weighted by molar-refractivity contribution is -0.140. The summed E-state index contributed by atoms with van der Waals surface area (Å²) in [7, 11) is 0. The lowest BCUT2D eigenvalue weighted by Gasteiger charge is -2.50. The molecule has 24 heavy (non-hydrogen) atoms. The maximum absolute atomic E-state index is 13.4. The minimum atomic E-state index is -0.901. The van der Waals surface area contributed by atoms with Crippen LogP contribution in [-0.4, -0.2) is 35.7 Å². The van der Waals surface area contributed by atoms with Crippen molar-refractivity contribution in [1.29, 1.82) is 0 Å². The number of Topliss-reactive ketones (excluding diaryl/α,β-unsaturated/α-hetero) is 1. The molecular weight excluding hydrogens is 300 g/mol. The molecule has 2 atom stereocenters. The van der Waals surface area contributed by atoms with Gasteiger partial charge in [0.2, 0.25) is 11.7 Å². The highest BCUT2D eigenvalue weighted by Crippen LogP contribution is 2.53. The topological polar surface area (TPSA) is 41.7 Å². The zero-order valence-electron chi connectivity index (χ0n) is 14.4. The highest BCUT2D eigenvalue weighted by Gasteiger charge is 2.62. The quantitative estimate of drug-likeness (QED) is 0.620. The first-order valence-corrected chi connectivity index (χ1v) is 8.36. The first-order chi connectivity index (χ1) is 11.4. The number of likely N-dealkylation sites (N-methyl/N-ethyl adjacent to an activating group) is 1. The molecule has 2 aliphatic rings. The molecule has 1 amide bonds. The molecule has 0 N–H and O–H groups in total. The van der Waals surface area contributed by atoms with Crippen LogP contribution in [0.25, 0.3) is 4.85 Å². The van der Waals surface area contributed by atoms with E-state index in [1.807, 2.05) is 62.1 Å². The van der Waals surface area contributed by atoms with Gasteiger partial charge in [0.25, 0.3) is 6.04 Å². The lowest BCUT2D eigenvalue weighted by Crippen LogP contribution is -2.60. The van der Waals surface area contributed by atoms with Gasteiger partial charge in [0.15, 0.2) is 0 Å². The standard InChI is InChI=1S/C20H22N2O2/c1-5-22-12-11-16-19(2,3)17(23)15(21-4)13-20(16,18(22)24)14-9-7-6-8-10-14/h6-11,15H,5,12-13H2,1-3H3. The maximum Gasteiger partial charge on any atom is 0.283 e.